The van der Waals surface area contributed by atoms with Gasteiger partial charge in [0.05, 0.1) is 12.6 Å². The number of nitrogens with zero attached hydrogens (tertiary/aromatic N) is 3. The lowest BCUT2D eigenvalue weighted by Crippen LogP contribution is -2.45. The molecule has 1 unspecified atom stereocenters. The van der Waals surface area contributed by atoms with Gasteiger partial charge in [-0.25, -0.2) is 4.79 Å². The van der Waals surface area contributed by atoms with E-state index in [2.05, 4.69) is 39.2 Å². The van der Waals surface area contributed by atoms with Gasteiger partial charge in [0.15, 0.2) is 0 Å². The van der Waals surface area contributed by atoms with E-state index >= 15 is 0 Å². The van der Waals surface area contributed by atoms with E-state index in [4.69, 9.17) is 0 Å². The second-order valence-corrected chi connectivity index (χ2v) is 6.65. The van der Waals surface area contributed by atoms with Crippen LogP contribution in [0.3, 0.4) is 0 Å². The number of urea groups is 1. The number of aryl methyl sites for hydroxylation is 1. The molecule has 1 aliphatic rings. The smallest absolute Gasteiger partial charge is 0.315 e. The average molecular weight is 323 g/mol. The molecule has 0 spiro atoms. The van der Waals surface area contributed by atoms with Crippen molar-refractivity contribution in [3.8, 4) is 0 Å². The lowest BCUT2D eigenvalue weighted by Gasteiger charge is -2.18. The van der Waals surface area contributed by atoms with E-state index in [9.17, 15) is 9.90 Å². The van der Waals surface area contributed by atoms with Gasteiger partial charge in [-0.1, -0.05) is 20.3 Å². The lowest BCUT2D eigenvalue weighted by molar-refractivity contribution is 0.207. The van der Waals surface area contributed by atoms with Crippen LogP contribution in [0, 0.1) is 5.92 Å². The highest BCUT2D eigenvalue weighted by Gasteiger charge is 2.15. The number of fused-ring (bicyclic) bond motifs is 1. The van der Waals surface area contributed by atoms with Crippen LogP contribution in [-0.2, 0) is 19.4 Å². The molecule has 0 radical (unpaired) electrons. The predicted molar refractivity (Wildman–Crippen MR) is 88.1 cm³/mol. The third-order valence-electron chi connectivity index (χ3n) is 4.13. The summed E-state index contributed by atoms with van der Waals surface area (Å²) in [5.41, 5.74) is 0. The van der Waals surface area contributed by atoms with Crippen LogP contribution in [0.4, 0.5) is 4.79 Å². The molecule has 2 rings (SSSR count). The summed E-state index contributed by atoms with van der Waals surface area (Å²) in [5, 5.41) is 23.5. The maximum absolute atomic E-state index is 11.9. The third kappa shape index (κ3) is 5.49. The van der Waals surface area contributed by atoms with Gasteiger partial charge in [-0.15, -0.1) is 10.2 Å². The normalized spacial score (nSPS) is 15.8. The Hall–Kier alpha value is -1.63. The van der Waals surface area contributed by atoms with Crippen LogP contribution < -0.4 is 10.6 Å². The molecule has 0 fully saturated rings. The van der Waals surface area contributed by atoms with Crippen LogP contribution in [0.15, 0.2) is 0 Å². The monoisotopic (exact) mass is 323 g/mol. The van der Waals surface area contributed by atoms with Crippen molar-refractivity contribution in [3.05, 3.63) is 11.6 Å². The SMILES string of the molecule is CC(C)CC(CO)NC(=O)NCCc1nnc2n1CCCCC2. The highest BCUT2D eigenvalue weighted by atomic mass is 16.3. The van der Waals surface area contributed by atoms with E-state index in [1.165, 1.54) is 19.3 Å². The molecule has 0 bridgehead atoms. The van der Waals surface area contributed by atoms with Crippen molar-refractivity contribution in [2.45, 2.75) is 65.0 Å². The molecule has 0 aromatic carbocycles. The van der Waals surface area contributed by atoms with E-state index in [1.54, 1.807) is 0 Å². The summed E-state index contributed by atoms with van der Waals surface area (Å²) >= 11 is 0. The van der Waals surface area contributed by atoms with Crippen molar-refractivity contribution in [2.75, 3.05) is 13.2 Å². The molecule has 1 aliphatic heterocycles. The molecular weight excluding hydrogens is 294 g/mol. The maximum atomic E-state index is 11.9. The molecule has 23 heavy (non-hydrogen) atoms. The van der Waals surface area contributed by atoms with Crippen molar-refractivity contribution in [1.82, 2.24) is 25.4 Å². The lowest BCUT2D eigenvalue weighted by atomic mass is 10.0. The molecule has 7 heteroatoms. The third-order valence-corrected chi connectivity index (χ3v) is 4.13. The van der Waals surface area contributed by atoms with Gasteiger partial charge in [0, 0.05) is 25.9 Å². The number of nitrogens with one attached hydrogen (secondary N) is 2. The molecule has 2 amide bonds. The van der Waals surface area contributed by atoms with E-state index in [1.807, 2.05) is 0 Å². The van der Waals surface area contributed by atoms with Crippen molar-refractivity contribution in [3.63, 3.8) is 0 Å². The Bertz CT molecular complexity index is 501. The van der Waals surface area contributed by atoms with Crippen molar-refractivity contribution < 1.29 is 9.90 Å². The molecule has 0 saturated heterocycles. The summed E-state index contributed by atoms with van der Waals surface area (Å²) < 4.78 is 2.20. The molecule has 0 saturated carbocycles. The van der Waals surface area contributed by atoms with Gasteiger partial charge >= 0.3 is 6.03 Å². The Morgan fingerprint density at radius 3 is 2.87 bits per heavy atom. The summed E-state index contributed by atoms with van der Waals surface area (Å²) in [6, 6.07) is -0.431. The number of aliphatic hydroxyl groups excluding tert-OH is 1. The molecular formula is C16H29N5O2. The number of aliphatic hydroxyl groups is 1. The van der Waals surface area contributed by atoms with Gasteiger partial charge in [-0.3, -0.25) is 0 Å². The van der Waals surface area contributed by atoms with Gasteiger partial charge in [0.1, 0.15) is 11.6 Å². The number of aromatic nitrogens is 3. The molecule has 7 nitrogen and oxygen atoms in total. The Balaban J connectivity index is 1.76. The molecule has 1 aromatic rings. The molecule has 0 aliphatic carbocycles. The zero-order chi connectivity index (χ0) is 16.7. The Morgan fingerprint density at radius 2 is 2.13 bits per heavy atom. The summed E-state index contributed by atoms with van der Waals surface area (Å²) in [7, 11) is 0. The first-order valence-corrected chi connectivity index (χ1v) is 8.66. The minimum absolute atomic E-state index is 0.0384. The quantitative estimate of drug-likeness (QED) is 0.704. The number of rotatable bonds is 7. The first kappa shape index (κ1) is 17.7. The fraction of sp³-hybridized carbons (Fsp3) is 0.812. The van der Waals surface area contributed by atoms with Crippen LogP contribution in [-0.4, -0.2) is 45.1 Å². The van der Waals surface area contributed by atoms with Crippen molar-refractivity contribution >= 4 is 6.03 Å². The topological polar surface area (TPSA) is 92.1 Å². The predicted octanol–water partition coefficient (Wildman–Crippen LogP) is 1.25. The van der Waals surface area contributed by atoms with Crippen LogP contribution in [0.1, 0.15) is 51.2 Å². The van der Waals surface area contributed by atoms with Gasteiger partial charge in [0.2, 0.25) is 0 Å². The highest BCUT2D eigenvalue weighted by Crippen LogP contribution is 2.14. The van der Waals surface area contributed by atoms with E-state index in [-0.39, 0.29) is 18.7 Å². The Kier molecular flexibility index (Phi) is 6.83. The van der Waals surface area contributed by atoms with E-state index in [0.29, 0.717) is 18.9 Å². The Morgan fingerprint density at radius 1 is 1.30 bits per heavy atom. The summed E-state index contributed by atoms with van der Waals surface area (Å²) in [4.78, 5) is 11.9. The first-order valence-electron chi connectivity index (χ1n) is 8.66. The molecule has 2 heterocycles. The second-order valence-electron chi connectivity index (χ2n) is 6.65. The summed E-state index contributed by atoms with van der Waals surface area (Å²) in [5.74, 6) is 2.45. The molecule has 130 valence electrons. The number of hydrogen-bond acceptors (Lipinski definition) is 4. The standard InChI is InChI=1S/C16H29N5O2/c1-12(2)10-13(11-22)18-16(23)17-8-7-15-20-19-14-6-4-3-5-9-21(14)15/h12-13,22H,3-11H2,1-2H3,(H2,17,18,23). The van der Waals surface area contributed by atoms with E-state index in [0.717, 1.165) is 31.0 Å². The minimum atomic E-state index is -0.236. The summed E-state index contributed by atoms with van der Waals surface area (Å²) in [6.45, 7) is 5.59. The van der Waals surface area contributed by atoms with Gasteiger partial charge in [-0.2, -0.15) is 0 Å². The highest BCUT2D eigenvalue weighted by molar-refractivity contribution is 5.74. The number of amides is 2. The zero-order valence-electron chi connectivity index (χ0n) is 14.2. The van der Waals surface area contributed by atoms with Crippen molar-refractivity contribution in [2.24, 2.45) is 5.92 Å². The number of carbonyl (C=O) groups is 1. The van der Waals surface area contributed by atoms with Crippen molar-refractivity contribution in [1.29, 1.82) is 0 Å². The molecule has 1 atom stereocenters. The fourth-order valence-corrected chi connectivity index (χ4v) is 3.00. The van der Waals surface area contributed by atoms with Crippen LogP contribution in [0.25, 0.3) is 0 Å². The average Bonchev–Trinajstić information content (AvgIpc) is 2.74. The number of hydrogen-bond donors (Lipinski definition) is 3. The van der Waals surface area contributed by atoms with Crippen LogP contribution in [0.2, 0.25) is 0 Å². The minimum Gasteiger partial charge on any atom is -0.394 e. The van der Waals surface area contributed by atoms with Crippen LogP contribution >= 0.6 is 0 Å². The fourth-order valence-electron chi connectivity index (χ4n) is 3.00. The van der Waals surface area contributed by atoms with E-state index < -0.39 is 0 Å². The first-order chi connectivity index (χ1) is 11.1. The second kappa shape index (κ2) is 8.86. The number of carbonyl (C=O) groups excluding carboxylic acids is 1. The van der Waals surface area contributed by atoms with Gasteiger partial charge in [-0.05, 0) is 25.2 Å². The maximum Gasteiger partial charge on any atom is 0.315 e. The molecule has 1 aromatic heterocycles. The van der Waals surface area contributed by atoms with Gasteiger partial charge < -0.3 is 20.3 Å². The van der Waals surface area contributed by atoms with Gasteiger partial charge in [0.25, 0.3) is 0 Å². The zero-order valence-corrected chi connectivity index (χ0v) is 14.2. The molecule has 3 N–H and O–H groups in total. The Labute approximate surface area is 137 Å². The van der Waals surface area contributed by atoms with Crippen LogP contribution in [0.5, 0.6) is 0 Å². The largest absolute Gasteiger partial charge is 0.394 e. The summed E-state index contributed by atoms with van der Waals surface area (Å²) in [6.07, 6.45) is 6.02.